The molecule has 96 heavy (non-hydrogen) atoms. The molecule has 0 rings (SSSR count). The highest BCUT2D eigenvalue weighted by atomic mass is 31.2. The van der Waals surface area contributed by atoms with E-state index in [1.807, 2.05) is 0 Å². The third-order valence-electron chi connectivity index (χ3n) is 16.1. The summed E-state index contributed by atoms with van der Waals surface area (Å²) in [4.78, 5) is 72.8. The van der Waals surface area contributed by atoms with E-state index in [1.165, 1.54) is 96.3 Å². The Morgan fingerprint density at radius 3 is 0.865 bits per heavy atom. The summed E-state index contributed by atoms with van der Waals surface area (Å²) in [6, 6.07) is 0. The Labute approximate surface area is 583 Å². The summed E-state index contributed by atoms with van der Waals surface area (Å²) in [6.07, 6.45) is 68.8. The number of aliphatic hydroxyl groups excluding tert-OH is 1. The van der Waals surface area contributed by atoms with Gasteiger partial charge in [0.15, 0.2) is 12.2 Å². The van der Waals surface area contributed by atoms with Crippen molar-refractivity contribution >= 4 is 39.5 Å². The fourth-order valence-electron chi connectivity index (χ4n) is 10.2. The number of hydrogen-bond acceptors (Lipinski definition) is 15. The normalized spacial score (nSPS) is 14.4. The molecule has 558 valence electrons. The van der Waals surface area contributed by atoms with Gasteiger partial charge in [0.05, 0.1) is 26.4 Å². The quantitative estimate of drug-likeness (QED) is 0.0128. The summed E-state index contributed by atoms with van der Waals surface area (Å²) < 4.78 is 68.4. The van der Waals surface area contributed by atoms with Crippen molar-refractivity contribution in [3.63, 3.8) is 0 Å². The van der Waals surface area contributed by atoms with Gasteiger partial charge in [0.2, 0.25) is 0 Å². The lowest BCUT2D eigenvalue weighted by atomic mass is 10.1. The Kier molecular flexibility index (Phi) is 67.4. The van der Waals surface area contributed by atoms with Crippen molar-refractivity contribution in [1.29, 1.82) is 0 Å². The molecule has 0 aliphatic rings. The molecular formula is C77H138O17P2. The van der Waals surface area contributed by atoms with Gasteiger partial charge in [-0.2, -0.15) is 0 Å². The van der Waals surface area contributed by atoms with E-state index in [0.717, 1.165) is 161 Å². The van der Waals surface area contributed by atoms with Gasteiger partial charge < -0.3 is 33.8 Å². The van der Waals surface area contributed by atoms with Crippen LogP contribution < -0.4 is 0 Å². The van der Waals surface area contributed by atoms with E-state index in [4.69, 9.17) is 37.0 Å². The van der Waals surface area contributed by atoms with Gasteiger partial charge in [-0.15, -0.1) is 0 Å². The summed E-state index contributed by atoms with van der Waals surface area (Å²) in [7, 11) is -9.95. The molecule has 0 aromatic rings. The lowest BCUT2D eigenvalue weighted by Crippen LogP contribution is -2.30. The Bertz CT molecular complexity index is 2110. The van der Waals surface area contributed by atoms with Gasteiger partial charge in [-0.05, 0) is 135 Å². The highest BCUT2D eigenvalue weighted by Crippen LogP contribution is 2.45. The molecule has 17 nitrogen and oxygen atoms in total. The summed E-state index contributed by atoms with van der Waals surface area (Å²) in [5.41, 5.74) is 0. The van der Waals surface area contributed by atoms with Crippen LogP contribution in [0.25, 0.3) is 0 Å². The van der Waals surface area contributed by atoms with Gasteiger partial charge in [-0.1, -0.05) is 248 Å². The minimum atomic E-state index is -4.98. The molecule has 2 unspecified atom stereocenters. The average Bonchev–Trinajstić information content (AvgIpc) is 1.43. The first-order valence-corrected chi connectivity index (χ1v) is 41.2. The number of carbonyl (C=O) groups is 4. The van der Waals surface area contributed by atoms with Gasteiger partial charge in [0.25, 0.3) is 0 Å². The predicted octanol–water partition coefficient (Wildman–Crippen LogP) is 21.7. The Morgan fingerprint density at radius 2 is 0.542 bits per heavy atom. The first-order chi connectivity index (χ1) is 46.7. The fraction of sp³-hybridized carbons (Fsp3) is 0.792. The van der Waals surface area contributed by atoms with Gasteiger partial charge >= 0.3 is 39.5 Å². The first kappa shape index (κ1) is 92.5. The van der Waals surface area contributed by atoms with Crippen LogP contribution >= 0.6 is 15.6 Å². The maximum Gasteiger partial charge on any atom is 0.472 e. The van der Waals surface area contributed by atoms with Crippen LogP contribution in [-0.4, -0.2) is 96.7 Å². The second-order valence-electron chi connectivity index (χ2n) is 25.6. The minimum absolute atomic E-state index is 0.0774. The second kappa shape index (κ2) is 70.0. The molecule has 0 saturated heterocycles. The van der Waals surface area contributed by atoms with Crippen LogP contribution in [0.15, 0.2) is 72.9 Å². The van der Waals surface area contributed by atoms with Crippen molar-refractivity contribution < 1.29 is 80.2 Å². The Hall–Kier alpha value is -3.50. The number of allylic oxidation sites excluding steroid dienone is 12. The van der Waals surface area contributed by atoms with E-state index in [0.29, 0.717) is 25.7 Å². The van der Waals surface area contributed by atoms with Crippen molar-refractivity contribution in [2.75, 3.05) is 39.6 Å². The Morgan fingerprint density at radius 1 is 0.302 bits per heavy atom. The number of phosphoric acid groups is 2. The number of carbonyl (C=O) groups excluding carboxylic acids is 4. The lowest BCUT2D eigenvalue weighted by Gasteiger charge is -2.21. The maximum atomic E-state index is 13.1. The summed E-state index contributed by atoms with van der Waals surface area (Å²) in [5.74, 6) is -2.21. The van der Waals surface area contributed by atoms with Crippen molar-refractivity contribution in [3.8, 4) is 0 Å². The van der Waals surface area contributed by atoms with E-state index < -0.39 is 97.5 Å². The molecule has 0 saturated carbocycles. The van der Waals surface area contributed by atoms with Gasteiger partial charge in [-0.25, -0.2) is 9.13 Å². The zero-order valence-electron chi connectivity index (χ0n) is 60.8. The predicted molar refractivity (Wildman–Crippen MR) is 390 cm³/mol. The number of phosphoric ester groups is 2. The lowest BCUT2D eigenvalue weighted by molar-refractivity contribution is -0.161. The molecule has 5 atom stereocenters. The number of esters is 4. The smallest absolute Gasteiger partial charge is 0.462 e. The SMILES string of the molecule is CCCCC/C=C\C/C=C\CCCCCCCC(=O)O[C@H](COC(=O)CCCCCCC/C=C\C=C/CCCCCC)COP(=O)(O)OC[C@H](O)COP(=O)(O)OC[C@@H](COC(=O)CCCCCCC/C=C\CCCCCC)OC(=O)CCCCCCC/C=C\CCCCCC. The van der Waals surface area contributed by atoms with E-state index >= 15 is 0 Å². The van der Waals surface area contributed by atoms with E-state index in [-0.39, 0.29) is 25.7 Å². The standard InChI is InChI=1S/C77H138O17P2/c1-5-9-13-17-21-25-29-33-35-39-42-46-50-54-58-62-75(80)88-68-73(94-77(82)64-60-56-52-48-44-40-36-34-30-26-22-18-14-10-6-2)70-92-96(85,86)90-66-71(78)65-89-95(83,84)91-69-72(93-76(81)63-59-55-51-47-43-38-32-28-24-20-16-12-8-4)67-87-74(79)61-57-53-49-45-41-37-31-27-23-19-15-11-7-3/h22,25-29,31-36,71-73,78H,5-21,23-24,30,37-70H2,1-4H3,(H,83,84)(H,85,86)/b26-22-,29-25-,31-27-,32-28-,35-33-,36-34-/t71-,72-,73-/m1/s1. The van der Waals surface area contributed by atoms with Gasteiger partial charge in [-0.3, -0.25) is 37.3 Å². The van der Waals surface area contributed by atoms with E-state index in [1.54, 1.807) is 0 Å². The van der Waals surface area contributed by atoms with Gasteiger partial charge in [0.1, 0.15) is 19.3 Å². The van der Waals surface area contributed by atoms with E-state index in [9.17, 15) is 43.2 Å². The number of ether oxygens (including phenoxy) is 4. The molecule has 0 aliphatic heterocycles. The maximum absolute atomic E-state index is 13.1. The van der Waals surface area contributed by atoms with Crippen LogP contribution in [0.5, 0.6) is 0 Å². The number of hydrogen-bond donors (Lipinski definition) is 3. The molecule has 0 aromatic heterocycles. The van der Waals surface area contributed by atoms with Crippen molar-refractivity contribution in [2.45, 2.75) is 354 Å². The van der Waals surface area contributed by atoms with Crippen molar-refractivity contribution in [1.82, 2.24) is 0 Å². The second-order valence-corrected chi connectivity index (χ2v) is 28.5. The molecule has 0 spiro atoms. The molecule has 0 heterocycles. The van der Waals surface area contributed by atoms with E-state index in [2.05, 4.69) is 101 Å². The van der Waals surface area contributed by atoms with Crippen LogP contribution in [0, 0.1) is 0 Å². The number of unbranched alkanes of at least 4 members (excludes halogenated alkanes) is 35. The summed E-state index contributed by atoms with van der Waals surface area (Å²) in [5, 5.41) is 10.6. The average molecular weight is 1400 g/mol. The third-order valence-corrected chi connectivity index (χ3v) is 18.0. The monoisotopic (exact) mass is 1400 g/mol. The van der Waals surface area contributed by atoms with Crippen LogP contribution in [-0.2, 0) is 65.4 Å². The van der Waals surface area contributed by atoms with Gasteiger partial charge in [0, 0.05) is 25.7 Å². The number of aliphatic hydroxyl groups is 1. The first-order valence-electron chi connectivity index (χ1n) is 38.2. The molecule has 0 aromatic carbocycles. The fourth-order valence-corrected chi connectivity index (χ4v) is 11.8. The molecular weight excluding hydrogens is 1260 g/mol. The van der Waals surface area contributed by atoms with Crippen LogP contribution in [0.4, 0.5) is 0 Å². The highest BCUT2D eigenvalue weighted by molar-refractivity contribution is 7.47. The highest BCUT2D eigenvalue weighted by Gasteiger charge is 2.30. The molecule has 0 radical (unpaired) electrons. The third kappa shape index (κ3) is 69.0. The number of rotatable bonds is 72. The summed E-state index contributed by atoms with van der Waals surface area (Å²) in [6.45, 7) is 4.78. The minimum Gasteiger partial charge on any atom is -0.462 e. The largest absolute Gasteiger partial charge is 0.472 e. The molecule has 0 fully saturated rings. The Balaban J connectivity index is 5.36. The van der Waals surface area contributed by atoms with Crippen molar-refractivity contribution in [2.24, 2.45) is 0 Å². The zero-order chi connectivity index (χ0) is 70.4. The van der Waals surface area contributed by atoms with Crippen LogP contribution in [0.3, 0.4) is 0 Å². The molecule has 3 N–H and O–H groups in total. The zero-order valence-corrected chi connectivity index (χ0v) is 62.6. The van der Waals surface area contributed by atoms with Crippen LogP contribution in [0.2, 0.25) is 0 Å². The molecule has 19 heteroatoms. The topological polar surface area (TPSA) is 237 Å². The molecule has 0 bridgehead atoms. The molecule has 0 aliphatic carbocycles. The molecule has 0 amide bonds. The van der Waals surface area contributed by atoms with Crippen LogP contribution in [0.1, 0.15) is 336 Å². The summed E-state index contributed by atoms with van der Waals surface area (Å²) >= 11 is 0. The van der Waals surface area contributed by atoms with Crippen molar-refractivity contribution in [3.05, 3.63) is 72.9 Å².